The molecule has 0 aromatic carbocycles. The van der Waals surface area contributed by atoms with Crippen LogP contribution in [0.1, 0.15) is 32.6 Å². The first-order valence-corrected chi connectivity index (χ1v) is 15.5. The van der Waals surface area contributed by atoms with Crippen molar-refractivity contribution in [3.63, 3.8) is 0 Å². The molecule has 256 valence electrons. The number of imide groups is 1. The fourth-order valence-corrected chi connectivity index (χ4v) is 3.47. The molecule has 0 N–H and O–H groups in total. The average Bonchev–Trinajstić information content (AvgIpc) is 3.34. The fraction of sp³-hybridized carbons (Fsp3) is 0.833. The van der Waals surface area contributed by atoms with Gasteiger partial charge >= 0.3 is 5.97 Å². The Hall–Kier alpha value is -2.01. The lowest BCUT2D eigenvalue weighted by Gasteiger charge is -2.13. The third-order valence-electron chi connectivity index (χ3n) is 5.81. The van der Waals surface area contributed by atoms with E-state index in [2.05, 4.69) is 6.92 Å². The predicted octanol–water partition coefficient (Wildman–Crippen LogP) is 1.18. The Kier molecular flexibility index (Phi) is 28.2. The number of unbranched alkanes of at least 4 members (excludes halogenated alkanes) is 2. The van der Waals surface area contributed by atoms with Gasteiger partial charge in [-0.3, -0.25) is 19.3 Å². The maximum absolute atomic E-state index is 11.4. The van der Waals surface area contributed by atoms with E-state index >= 15 is 0 Å². The number of carbonyl (C=O) groups excluding carboxylic acids is 3. The van der Waals surface area contributed by atoms with Gasteiger partial charge in [0.1, 0.15) is 6.61 Å². The van der Waals surface area contributed by atoms with E-state index in [1.54, 1.807) is 0 Å². The van der Waals surface area contributed by atoms with Gasteiger partial charge in [0.25, 0.3) is 11.8 Å². The molecule has 0 radical (unpaired) electrons. The number of nitrogens with zero attached hydrogens (tertiary/aromatic N) is 1. The van der Waals surface area contributed by atoms with Gasteiger partial charge in [-0.2, -0.15) is 0 Å². The third-order valence-corrected chi connectivity index (χ3v) is 5.81. The van der Waals surface area contributed by atoms with Crippen molar-refractivity contribution in [3.05, 3.63) is 12.2 Å². The topological polar surface area (TPSA) is 147 Å². The lowest BCUT2D eigenvalue weighted by Crippen LogP contribution is -2.33. The molecule has 0 saturated carbocycles. The second-order valence-corrected chi connectivity index (χ2v) is 9.35. The maximum atomic E-state index is 11.4. The predicted molar refractivity (Wildman–Crippen MR) is 158 cm³/mol. The van der Waals surface area contributed by atoms with Gasteiger partial charge in [-0.25, -0.2) is 0 Å². The second-order valence-electron chi connectivity index (χ2n) is 9.35. The van der Waals surface area contributed by atoms with Crippen LogP contribution in [0.15, 0.2) is 12.2 Å². The van der Waals surface area contributed by atoms with E-state index in [0.717, 1.165) is 24.2 Å². The molecule has 0 unspecified atom stereocenters. The number of hydrogen-bond acceptors (Lipinski definition) is 13. The molecule has 14 heteroatoms. The second kappa shape index (κ2) is 31.0. The fourth-order valence-electron chi connectivity index (χ4n) is 3.47. The molecule has 1 aliphatic heterocycles. The van der Waals surface area contributed by atoms with Crippen molar-refractivity contribution in [2.45, 2.75) is 32.6 Å². The third kappa shape index (κ3) is 25.3. The minimum absolute atomic E-state index is 0.166. The maximum Gasteiger partial charge on any atom is 0.305 e. The number of esters is 1. The monoisotopic (exact) mass is 635 g/mol. The molecular weight excluding hydrogens is 582 g/mol. The SMILES string of the molecule is CCCCCC(=O)OCCOCCOCCOCCOCCOCCOCCOCCOCCOCCN1C(=O)C=CC1=O. The molecule has 14 nitrogen and oxygen atoms in total. The molecule has 0 spiro atoms. The summed E-state index contributed by atoms with van der Waals surface area (Å²) >= 11 is 0. The van der Waals surface area contributed by atoms with Crippen molar-refractivity contribution in [1.82, 2.24) is 4.90 Å². The Morgan fingerprint density at radius 1 is 0.500 bits per heavy atom. The van der Waals surface area contributed by atoms with Crippen molar-refractivity contribution >= 4 is 17.8 Å². The van der Waals surface area contributed by atoms with Crippen LogP contribution in [0, 0.1) is 0 Å². The summed E-state index contributed by atoms with van der Waals surface area (Å²) in [4.78, 5) is 35.4. The van der Waals surface area contributed by atoms with Crippen molar-refractivity contribution in [3.8, 4) is 0 Å². The Bertz CT molecular complexity index is 720. The zero-order valence-electron chi connectivity index (χ0n) is 26.4. The summed E-state index contributed by atoms with van der Waals surface area (Å²) in [7, 11) is 0. The normalized spacial score (nSPS) is 13.0. The summed E-state index contributed by atoms with van der Waals surface area (Å²) in [5.41, 5.74) is 0. The molecule has 2 amide bonds. The molecule has 0 aromatic rings. The van der Waals surface area contributed by atoms with Gasteiger partial charge in [-0.1, -0.05) is 19.8 Å². The largest absolute Gasteiger partial charge is 0.463 e. The summed E-state index contributed by atoms with van der Waals surface area (Å²) in [6.45, 7) is 10.6. The summed E-state index contributed by atoms with van der Waals surface area (Å²) in [6, 6.07) is 0. The molecular formula is C30H53NO13. The number of amides is 2. The Balaban J connectivity index is 1.64. The highest BCUT2D eigenvalue weighted by Crippen LogP contribution is 2.02. The van der Waals surface area contributed by atoms with Crippen LogP contribution < -0.4 is 0 Å². The lowest BCUT2D eigenvalue weighted by molar-refractivity contribution is -0.145. The quantitative estimate of drug-likeness (QED) is 0.0567. The molecule has 44 heavy (non-hydrogen) atoms. The molecule has 1 heterocycles. The van der Waals surface area contributed by atoms with Crippen molar-refractivity contribution in [2.75, 3.05) is 132 Å². The number of hydrogen-bond donors (Lipinski definition) is 0. The Morgan fingerprint density at radius 3 is 1.16 bits per heavy atom. The van der Waals surface area contributed by atoms with Gasteiger partial charge in [0.15, 0.2) is 0 Å². The summed E-state index contributed by atoms with van der Waals surface area (Å²) < 4.78 is 53.9. The van der Waals surface area contributed by atoms with E-state index in [1.165, 1.54) is 12.2 Å². The van der Waals surface area contributed by atoms with Crippen LogP contribution in [-0.2, 0) is 61.8 Å². The van der Waals surface area contributed by atoms with Crippen molar-refractivity contribution < 1.29 is 61.8 Å². The van der Waals surface area contributed by atoms with Crippen LogP contribution in [0.2, 0.25) is 0 Å². The first-order chi connectivity index (χ1) is 21.6. The minimum atomic E-state index is -0.308. The minimum Gasteiger partial charge on any atom is -0.463 e. The molecule has 0 saturated heterocycles. The highest BCUT2D eigenvalue weighted by Gasteiger charge is 2.22. The van der Waals surface area contributed by atoms with Crippen LogP contribution in [0.5, 0.6) is 0 Å². The van der Waals surface area contributed by atoms with Crippen LogP contribution in [0.25, 0.3) is 0 Å². The average molecular weight is 636 g/mol. The van der Waals surface area contributed by atoms with E-state index < -0.39 is 0 Å². The number of ether oxygens (including phenoxy) is 10. The van der Waals surface area contributed by atoms with E-state index in [-0.39, 0.29) is 37.5 Å². The first-order valence-electron chi connectivity index (χ1n) is 15.5. The summed E-state index contributed by atoms with van der Waals surface area (Å²) in [5.74, 6) is -0.782. The van der Waals surface area contributed by atoms with E-state index in [9.17, 15) is 14.4 Å². The number of carbonyl (C=O) groups is 3. The highest BCUT2D eigenvalue weighted by molar-refractivity contribution is 6.12. The standard InChI is InChI=1S/C30H53NO13/c1-2-3-4-5-30(34)44-27-26-43-25-24-42-23-22-41-21-20-40-19-18-39-17-16-38-15-14-37-13-12-36-11-10-35-9-8-31-28(32)6-7-29(31)33/h6-7H,2-5,8-27H2,1H3. The molecule has 0 aliphatic carbocycles. The van der Waals surface area contributed by atoms with Gasteiger partial charge in [0.2, 0.25) is 0 Å². The molecule has 1 rings (SSSR count). The van der Waals surface area contributed by atoms with Crippen LogP contribution in [0.3, 0.4) is 0 Å². The van der Waals surface area contributed by atoms with Crippen LogP contribution >= 0.6 is 0 Å². The molecule has 0 bridgehead atoms. The molecule has 1 aliphatic rings. The van der Waals surface area contributed by atoms with E-state index in [1.807, 2.05) is 0 Å². The van der Waals surface area contributed by atoms with E-state index in [0.29, 0.717) is 119 Å². The highest BCUT2D eigenvalue weighted by atomic mass is 16.6. The molecule has 0 aromatic heterocycles. The van der Waals surface area contributed by atoms with Crippen molar-refractivity contribution in [2.24, 2.45) is 0 Å². The zero-order valence-corrected chi connectivity index (χ0v) is 26.4. The zero-order chi connectivity index (χ0) is 31.8. The van der Waals surface area contributed by atoms with Gasteiger partial charge in [-0.15, -0.1) is 0 Å². The smallest absolute Gasteiger partial charge is 0.305 e. The number of rotatable bonds is 34. The lowest BCUT2D eigenvalue weighted by atomic mass is 10.2. The Labute approximate surface area is 261 Å². The van der Waals surface area contributed by atoms with Gasteiger partial charge in [0, 0.05) is 18.6 Å². The van der Waals surface area contributed by atoms with E-state index in [4.69, 9.17) is 47.4 Å². The van der Waals surface area contributed by atoms with Crippen LogP contribution in [-0.4, -0.2) is 155 Å². The summed E-state index contributed by atoms with van der Waals surface area (Å²) in [5, 5.41) is 0. The van der Waals surface area contributed by atoms with Gasteiger partial charge in [-0.05, 0) is 6.42 Å². The Morgan fingerprint density at radius 2 is 0.818 bits per heavy atom. The van der Waals surface area contributed by atoms with Gasteiger partial charge in [0.05, 0.1) is 125 Å². The summed E-state index contributed by atoms with van der Waals surface area (Å²) in [6.07, 6.45) is 5.98. The van der Waals surface area contributed by atoms with Gasteiger partial charge < -0.3 is 47.4 Å². The van der Waals surface area contributed by atoms with Crippen LogP contribution in [0.4, 0.5) is 0 Å². The first kappa shape index (κ1) is 40.0. The van der Waals surface area contributed by atoms with Crippen molar-refractivity contribution in [1.29, 1.82) is 0 Å². The molecule has 0 atom stereocenters. The molecule has 0 fully saturated rings.